The van der Waals surface area contributed by atoms with E-state index in [-0.39, 0.29) is 11.9 Å². The monoisotopic (exact) mass is 236 g/mol. The summed E-state index contributed by atoms with van der Waals surface area (Å²) in [5.74, 6) is 1.35. The van der Waals surface area contributed by atoms with Gasteiger partial charge in [-0.2, -0.15) is 4.98 Å². The van der Waals surface area contributed by atoms with Crippen molar-refractivity contribution in [3.63, 3.8) is 0 Å². The van der Waals surface area contributed by atoms with Crippen LogP contribution in [0.15, 0.2) is 6.33 Å². The van der Waals surface area contributed by atoms with Crippen LogP contribution in [-0.2, 0) is 4.79 Å². The van der Waals surface area contributed by atoms with Crippen molar-refractivity contribution in [2.75, 3.05) is 17.7 Å². The highest BCUT2D eigenvalue weighted by atomic mass is 16.5. The average molecular weight is 236 g/mol. The van der Waals surface area contributed by atoms with E-state index in [9.17, 15) is 4.79 Å². The lowest BCUT2D eigenvalue weighted by Gasteiger charge is -2.27. The number of rotatable bonds is 3. The molecule has 0 bridgehead atoms. The molecule has 0 aliphatic carbocycles. The Morgan fingerprint density at radius 3 is 2.88 bits per heavy atom. The molecule has 1 atom stereocenters. The SMILES string of the molecule is COc1ncnc2c1NC(=O)C(CC(C)C)N2. The second-order valence-corrected chi connectivity index (χ2v) is 4.42. The minimum atomic E-state index is -0.248. The topological polar surface area (TPSA) is 76.1 Å². The van der Waals surface area contributed by atoms with E-state index in [2.05, 4.69) is 34.4 Å². The first kappa shape index (κ1) is 11.6. The second kappa shape index (κ2) is 4.57. The molecule has 0 fully saturated rings. The summed E-state index contributed by atoms with van der Waals surface area (Å²) in [5, 5.41) is 5.89. The van der Waals surface area contributed by atoms with Gasteiger partial charge in [-0.3, -0.25) is 4.79 Å². The predicted octanol–water partition coefficient (Wildman–Crippen LogP) is 1.26. The Balaban J connectivity index is 2.27. The van der Waals surface area contributed by atoms with E-state index in [1.54, 1.807) is 0 Å². The van der Waals surface area contributed by atoms with Gasteiger partial charge in [0.05, 0.1) is 7.11 Å². The van der Waals surface area contributed by atoms with Crippen molar-refractivity contribution in [2.45, 2.75) is 26.3 Å². The molecule has 1 aliphatic rings. The van der Waals surface area contributed by atoms with Crippen LogP contribution in [0.2, 0.25) is 0 Å². The number of hydrogen-bond donors (Lipinski definition) is 2. The van der Waals surface area contributed by atoms with Crippen LogP contribution in [0.5, 0.6) is 5.88 Å². The molecule has 1 amide bonds. The first-order valence-corrected chi connectivity index (χ1v) is 5.58. The molecule has 92 valence electrons. The zero-order chi connectivity index (χ0) is 12.4. The number of carbonyl (C=O) groups excluding carboxylic acids is 1. The smallest absolute Gasteiger partial charge is 0.247 e. The van der Waals surface area contributed by atoms with Crippen molar-refractivity contribution >= 4 is 17.4 Å². The Bertz CT molecular complexity index is 433. The third-order valence-electron chi connectivity index (χ3n) is 2.59. The maximum atomic E-state index is 11.9. The summed E-state index contributed by atoms with van der Waals surface area (Å²) in [6.07, 6.45) is 2.17. The molecule has 2 rings (SSSR count). The van der Waals surface area contributed by atoms with Crippen LogP contribution >= 0.6 is 0 Å². The van der Waals surface area contributed by atoms with Gasteiger partial charge in [-0.1, -0.05) is 13.8 Å². The standard InChI is InChI=1S/C11H16N4O2/c1-6(2)4-7-10(16)15-8-9(14-7)12-5-13-11(8)17-3/h5-7H,4H2,1-3H3,(H,15,16)(H,12,13,14). The predicted molar refractivity (Wildman–Crippen MR) is 64.1 cm³/mol. The number of nitrogens with one attached hydrogen (secondary N) is 2. The lowest BCUT2D eigenvalue weighted by molar-refractivity contribution is -0.117. The fourth-order valence-electron chi connectivity index (χ4n) is 1.82. The summed E-state index contributed by atoms with van der Waals surface area (Å²) < 4.78 is 5.07. The van der Waals surface area contributed by atoms with Crippen LogP contribution < -0.4 is 15.4 Å². The van der Waals surface area contributed by atoms with Crippen molar-refractivity contribution in [3.05, 3.63) is 6.33 Å². The van der Waals surface area contributed by atoms with E-state index in [0.29, 0.717) is 23.3 Å². The number of fused-ring (bicyclic) bond motifs is 1. The molecule has 2 heterocycles. The highest BCUT2D eigenvalue weighted by molar-refractivity contribution is 6.03. The number of nitrogens with zero attached hydrogens (tertiary/aromatic N) is 2. The minimum absolute atomic E-state index is 0.0701. The molecule has 0 saturated heterocycles. The van der Waals surface area contributed by atoms with Gasteiger partial charge in [0.25, 0.3) is 0 Å². The van der Waals surface area contributed by atoms with Gasteiger partial charge in [-0.05, 0) is 12.3 Å². The molecular formula is C11H16N4O2. The molecule has 1 aromatic heterocycles. The van der Waals surface area contributed by atoms with Crippen LogP contribution in [0.4, 0.5) is 11.5 Å². The summed E-state index contributed by atoms with van der Waals surface area (Å²) in [4.78, 5) is 19.9. The Morgan fingerprint density at radius 1 is 1.47 bits per heavy atom. The highest BCUT2D eigenvalue weighted by Crippen LogP contribution is 2.32. The first-order chi connectivity index (χ1) is 8.11. The van der Waals surface area contributed by atoms with E-state index < -0.39 is 0 Å². The molecule has 1 unspecified atom stereocenters. The summed E-state index contributed by atoms with van der Waals surface area (Å²) in [7, 11) is 1.51. The fourth-order valence-corrected chi connectivity index (χ4v) is 1.82. The van der Waals surface area contributed by atoms with E-state index in [1.807, 2.05) is 0 Å². The van der Waals surface area contributed by atoms with Crippen molar-refractivity contribution in [1.29, 1.82) is 0 Å². The van der Waals surface area contributed by atoms with Crippen LogP contribution in [0, 0.1) is 5.92 Å². The molecule has 0 spiro atoms. The second-order valence-electron chi connectivity index (χ2n) is 4.42. The summed E-state index contributed by atoms with van der Waals surface area (Å²) in [6.45, 7) is 4.15. The molecule has 2 N–H and O–H groups in total. The highest BCUT2D eigenvalue weighted by Gasteiger charge is 2.29. The van der Waals surface area contributed by atoms with Gasteiger partial charge >= 0.3 is 0 Å². The van der Waals surface area contributed by atoms with Crippen molar-refractivity contribution < 1.29 is 9.53 Å². The largest absolute Gasteiger partial charge is 0.479 e. The molecule has 1 aliphatic heterocycles. The molecule has 0 radical (unpaired) electrons. The molecule has 6 heteroatoms. The Kier molecular flexibility index (Phi) is 3.12. The van der Waals surface area contributed by atoms with Gasteiger partial charge < -0.3 is 15.4 Å². The number of amides is 1. The Morgan fingerprint density at radius 2 is 2.24 bits per heavy atom. The number of hydrogen-bond acceptors (Lipinski definition) is 5. The number of carbonyl (C=O) groups is 1. The van der Waals surface area contributed by atoms with Crippen molar-refractivity contribution in [3.8, 4) is 5.88 Å². The van der Waals surface area contributed by atoms with E-state index in [1.165, 1.54) is 13.4 Å². The Labute approximate surface area is 99.8 Å². The third kappa shape index (κ3) is 2.30. The number of ether oxygens (including phenoxy) is 1. The third-order valence-corrected chi connectivity index (χ3v) is 2.59. The zero-order valence-electron chi connectivity index (χ0n) is 10.2. The van der Waals surface area contributed by atoms with Gasteiger partial charge in [0.2, 0.25) is 11.8 Å². The van der Waals surface area contributed by atoms with Gasteiger partial charge in [-0.15, -0.1) is 0 Å². The lowest BCUT2D eigenvalue weighted by atomic mass is 10.0. The van der Waals surface area contributed by atoms with Gasteiger partial charge in [0, 0.05) is 0 Å². The van der Waals surface area contributed by atoms with Gasteiger partial charge in [0.15, 0.2) is 5.82 Å². The quantitative estimate of drug-likeness (QED) is 0.826. The van der Waals surface area contributed by atoms with E-state index >= 15 is 0 Å². The fraction of sp³-hybridized carbons (Fsp3) is 0.545. The van der Waals surface area contributed by atoms with Gasteiger partial charge in [-0.25, -0.2) is 4.98 Å². The number of anilines is 2. The summed E-state index contributed by atoms with van der Waals surface area (Å²) in [6, 6.07) is -0.248. The summed E-state index contributed by atoms with van der Waals surface area (Å²) in [5.41, 5.74) is 0.514. The van der Waals surface area contributed by atoms with E-state index in [0.717, 1.165) is 6.42 Å². The normalized spacial score (nSPS) is 18.4. The van der Waals surface area contributed by atoms with Crippen molar-refractivity contribution in [1.82, 2.24) is 9.97 Å². The maximum Gasteiger partial charge on any atom is 0.247 e. The average Bonchev–Trinajstić information content (AvgIpc) is 2.29. The molecular weight excluding hydrogens is 220 g/mol. The maximum absolute atomic E-state index is 11.9. The lowest BCUT2D eigenvalue weighted by Crippen LogP contribution is -2.40. The van der Waals surface area contributed by atoms with Crippen molar-refractivity contribution in [2.24, 2.45) is 5.92 Å². The first-order valence-electron chi connectivity index (χ1n) is 5.58. The van der Waals surface area contributed by atoms with Crippen LogP contribution in [-0.4, -0.2) is 29.0 Å². The molecule has 6 nitrogen and oxygen atoms in total. The van der Waals surface area contributed by atoms with Crippen LogP contribution in [0.3, 0.4) is 0 Å². The Hall–Kier alpha value is -1.85. The van der Waals surface area contributed by atoms with Crippen LogP contribution in [0.25, 0.3) is 0 Å². The summed E-state index contributed by atoms with van der Waals surface area (Å²) >= 11 is 0. The van der Waals surface area contributed by atoms with Crippen LogP contribution in [0.1, 0.15) is 20.3 Å². The molecule has 1 aromatic rings. The van der Waals surface area contributed by atoms with Gasteiger partial charge in [0.1, 0.15) is 18.1 Å². The zero-order valence-corrected chi connectivity index (χ0v) is 10.2. The molecule has 0 saturated carbocycles. The molecule has 17 heavy (non-hydrogen) atoms. The minimum Gasteiger partial charge on any atom is -0.479 e. The number of aromatic nitrogens is 2. The molecule has 0 aromatic carbocycles. The number of methoxy groups -OCH3 is 1. The van der Waals surface area contributed by atoms with E-state index in [4.69, 9.17) is 4.74 Å².